The first kappa shape index (κ1) is 15.4. The Kier molecular flexibility index (Phi) is 4.86. The molecule has 2 aromatic rings. The molecule has 2 rings (SSSR count). The molecular formula is C18H24N2O. The van der Waals surface area contributed by atoms with E-state index < -0.39 is 0 Å². The minimum absolute atomic E-state index is 0.496. The van der Waals surface area contributed by atoms with Gasteiger partial charge < -0.3 is 15.4 Å². The Hall–Kier alpha value is -2.00. The van der Waals surface area contributed by atoms with Gasteiger partial charge in [0.25, 0.3) is 0 Å². The molecule has 112 valence electrons. The standard InChI is InChI=1S/C18H24N2O/c1-13-7-14(2)9-17(8-13)20(3)12-15-5-6-16(11-19)18(10-15)21-4/h5-10H,11-12,19H2,1-4H3. The highest BCUT2D eigenvalue weighted by Gasteiger charge is 2.07. The highest BCUT2D eigenvalue weighted by atomic mass is 16.5. The Balaban J connectivity index is 2.20. The molecule has 3 heteroatoms. The van der Waals surface area contributed by atoms with Gasteiger partial charge in [0.2, 0.25) is 0 Å². The maximum Gasteiger partial charge on any atom is 0.123 e. The first-order valence-corrected chi connectivity index (χ1v) is 7.18. The van der Waals surface area contributed by atoms with Crippen molar-refractivity contribution in [3.05, 3.63) is 58.7 Å². The summed E-state index contributed by atoms with van der Waals surface area (Å²) in [4.78, 5) is 2.25. The van der Waals surface area contributed by atoms with E-state index in [1.165, 1.54) is 22.4 Å². The van der Waals surface area contributed by atoms with Crippen molar-refractivity contribution >= 4 is 5.69 Å². The largest absolute Gasteiger partial charge is 0.496 e. The fraction of sp³-hybridized carbons (Fsp3) is 0.333. The van der Waals surface area contributed by atoms with Crippen molar-refractivity contribution in [1.29, 1.82) is 0 Å². The highest BCUT2D eigenvalue weighted by molar-refractivity contribution is 5.51. The average molecular weight is 284 g/mol. The molecule has 0 fully saturated rings. The Labute approximate surface area is 127 Å². The van der Waals surface area contributed by atoms with Crippen LogP contribution in [-0.2, 0) is 13.1 Å². The lowest BCUT2D eigenvalue weighted by Crippen LogP contribution is -2.16. The lowest BCUT2D eigenvalue weighted by molar-refractivity contribution is 0.409. The number of hydrogen-bond acceptors (Lipinski definition) is 3. The number of nitrogens with two attached hydrogens (primary N) is 1. The predicted molar refractivity (Wildman–Crippen MR) is 88.9 cm³/mol. The number of nitrogens with zero attached hydrogens (tertiary/aromatic N) is 1. The van der Waals surface area contributed by atoms with Crippen LogP contribution in [0.1, 0.15) is 22.3 Å². The molecular weight excluding hydrogens is 260 g/mol. The molecule has 0 amide bonds. The van der Waals surface area contributed by atoms with Crippen molar-refractivity contribution in [3.63, 3.8) is 0 Å². The molecule has 0 atom stereocenters. The number of ether oxygens (including phenoxy) is 1. The maximum atomic E-state index is 5.71. The molecule has 21 heavy (non-hydrogen) atoms. The van der Waals surface area contributed by atoms with Crippen molar-refractivity contribution in [2.24, 2.45) is 5.73 Å². The van der Waals surface area contributed by atoms with E-state index in [4.69, 9.17) is 10.5 Å². The van der Waals surface area contributed by atoms with Crippen molar-refractivity contribution in [2.45, 2.75) is 26.9 Å². The molecule has 0 bridgehead atoms. The molecule has 0 aliphatic carbocycles. The van der Waals surface area contributed by atoms with Crippen LogP contribution in [0.15, 0.2) is 36.4 Å². The quantitative estimate of drug-likeness (QED) is 0.914. The summed E-state index contributed by atoms with van der Waals surface area (Å²) >= 11 is 0. The van der Waals surface area contributed by atoms with E-state index >= 15 is 0 Å². The molecule has 0 aliphatic heterocycles. The van der Waals surface area contributed by atoms with E-state index in [1.807, 2.05) is 6.07 Å². The zero-order valence-corrected chi connectivity index (χ0v) is 13.3. The summed E-state index contributed by atoms with van der Waals surface area (Å²) < 4.78 is 5.40. The Morgan fingerprint density at radius 1 is 1.05 bits per heavy atom. The van der Waals surface area contributed by atoms with Gasteiger partial charge in [0.1, 0.15) is 5.75 Å². The molecule has 0 heterocycles. The van der Waals surface area contributed by atoms with E-state index in [-0.39, 0.29) is 0 Å². The van der Waals surface area contributed by atoms with Gasteiger partial charge in [0, 0.05) is 31.4 Å². The molecule has 0 saturated heterocycles. The van der Waals surface area contributed by atoms with Crippen LogP contribution in [0.2, 0.25) is 0 Å². The van der Waals surface area contributed by atoms with E-state index in [0.717, 1.165) is 17.9 Å². The minimum atomic E-state index is 0.496. The summed E-state index contributed by atoms with van der Waals surface area (Å²) in [5.74, 6) is 0.865. The van der Waals surface area contributed by atoms with Crippen LogP contribution in [0.25, 0.3) is 0 Å². The second-order valence-corrected chi connectivity index (χ2v) is 5.55. The van der Waals surface area contributed by atoms with Crippen LogP contribution in [-0.4, -0.2) is 14.2 Å². The summed E-state index contributed by atoms with van der Waals surface area (Å²) in [5.41, 5.74) is 11.8. The van der Waals surface area contributed by atoms with E-state index in [1.54, 1.807) is 7.11 Å². The predicted octanol–water partition coefficient (Wildman–Crippen LogP) is 3.41. The molecule has 3 nitrogen and oxygen atoms in total. The van der Waals surface area contributed by atoms with Crippen LogP contribution in [0, 0.1) is 13.8 Å². The van der Waals surface area contributed by atoms with Gasteiger partial charge in [-0.2, -0.15) is 0 Å². The minimum Gasteiger partial charge on any atom is -0.496 e. The number of hydrogen-bond donors (Lipinski definition) is 1. The van der Waals surface area contributed by atoms with Crippen molar-refractivity contribution in [2.75, 3.05) is 19.1 Å². The van der Waals surface area contributed by atoms with Gasteiger partial charge in [-0.05, 0) is 48.7 Å². The highest BCUT2D eigenvalue weighted by Crippen LogP contribution is 2.23. The average Bonchev–Trinajstić information content (AvgIpc) is 2.46. The summed E-state index contributed by atoms with van der Waals surface area (Å²) in [7, 11) is 3.80. The Bertz CT molecular complexity index is 602. The van der Waals surface area contributed by atoms with Crippen LogP contribution < -0.4 is 15.4 Å². The molecule has 0 saturated carbocycles. The lowest BCUT2D eigenvalue weighted by Gasteiger charge is -2.21. The van der Waals surface area contributed by atoms with E-state index in [0.29, 0.717) is 6.54 Å². The van der Waals surface area contributed by atoms with Crippen LogP contribution >= 0.6 is 0 Å². The Morgan fingerprint density at radius 2 is 1.71 bits per heavy atom. The molecule has 0 radical (unpaired) electrons. The third-order valence-electron chi connectivity index (χ3n) is 3.64. The summed E-state index contributed by atoms with van der Waals surface area (Å²) in [5, 5.41) is 0. The van der Waals surface area contributed by atoms with Crippen LogP contribution in [0.3, 0.4) is 0 Å². The van der Waals surface area contributed by atoms with Gasteiger partial charge in [0.15, 0.2) is 0 Å². The van der Waals surface area contributed by atoms with Gasteiger partial charge in [0.05, 0.1) is 7.11 Å². The third kappa shape index (κ3) is 3.76. The number of benzene rings is 2. The molecule has 0 spiro atoms. The topological polar surface area (TPSA) is 38.5 Å². The number of methoxy groups -OCH3 is 1. The molecule has 0 aliphatic rings. The Morgan fingerprint density at radius 3 is 2.29 bits per heavy atom. The van der Waals surface area contributed by atoms with Crippen molar-refractivity contribution in [3.8, 4) is 5.75 Å². The lowest BCUT2D eigenvalue weighted by atomic mass is 10.1. The first-order valence-electron chi connectivity index (χ1n) is 7.18. The third-order valence-corrected chi connectivity index (χ3v) is 3.64. The van der Waals surface area contributed by atoms with E-state index in [9.17, 15) is 0 Å². The zero-order chi connectivity index (χ0) is 15.4. The SMILES string of the molecule is COc1cc(CN(C)c2cc(C)cc(C)c2)ccc1CN. The van der Waals surface area contributed by atoms with E-state index in [2.05, 4.69) is 56.1 Å². The van der Waals surface area contributed by atoms with Gasteiger partial charge in [-0.1, -0.05) is 18.2 Å². The van der Waals surface area contributed by atoms with Crippen LogP contribution in [0.4, 0.5) is 5.69 Å². The fourth-order valence-electron chi connectivity index (χ4n) is 2.59. The molecule has 2 aromatic carbocycles. The van der Waals surface area contributed by atoms with Gasteiger partial charge in [-0.15, -0.1) is 0 Å². The van der Waals surface area contributed by atoms with Gasteiger partial charge in [-0.3, -0.25) is 0 Å². The number of rotatable bonds is 5. The summed E-state index contributed by atoms with van der Waals surface area (Å²) in [6, 6.07) is 12.8. The smallest absolute Gasteiger partial charge is 0.123 e. The monoisotopic (exact) mass is 284 g/mol. The molecule has 0 aromatic heterocycles. The van der Waals surface area contributed by atoms with Gasteiger partial charge >= 0.3 is 0 Å². The number of anilines is 1. The number of aryl methyl sites for hydroxylation is 2. The van der Waals surface area contributed by atoms with Crippen molar-refractivity contribution < 1.29 is 4.74 Å². The molecule has 2 N–H and O–H groups in total. The second-order valence-electron chi connectivity index (χ2n) is 5.55. The fourth-order valence-corrected chi connectivity index (χ4v) is 2.59. The summed E-state index contributed by atoms with van der Waals surface area (Å²) in [6.45, 7) is 5.59. The second kappa shape index (κ2) is 6.64. The van der Waals surface area contributed by atoms with Crippen molar-refractivity contribution in [1.82, 2.24) is 0 Å². The van der Waals surface area contributed by atoms with Crippen LogP contribution in [0.5, 0.6) is 5.75 Å². The maximum absolute atomic E-state index is 5.71. The van der Waals surface area contributed by atoms with Gasteiger partial charge in [-0.25, -0.2) is 0 Å². The zero-order valence-electron chi connectivity index (χ0n) is 13.3. The molecule has 0 unspecified atom stereocenters. The summed E-state index contributed by atoms with van der Waals surface area (Å²) in [6.07, 6.45) is 0. The normalized spacial score (nSPS) is 10.5. The first-order chi connectivity index (χ1) is 10.0.